The van der Waals surface area contributed by atoms with E-state index < -0.39 is 62.2 Å². The fourth-order valence-electron chi connectivity index (χ4n) is 6.13. The number of nitrogen functional groups attached to an aromatic ring is 1. The quantitative estimate of drug-likeness (QED) is 0.114. The molecule has 278 valence electrons. The molecule has 16 nitrogen and oxygen atoms in total. The number of esters is 3. The molecule has 0 bridgehead atoms. The van der Waals surface area contributed by atoms with Crippen LogP contribution in [0.15, 0.2) is 48.8 Å². The number of aromatic nitrogens is 3. The minimum atomic E-state index is -4.39. The first kappa shape index (κ1) is 38.2. The summed E-state index contributed by atoms with van der Waals surface area (Å²) in [6.07, 6.45) is 1.26. The highest BCUT2D eigenvalue weighted by atomic mass is 31.2. The summed E-state index contributed by atoms with van der Waals surface area (Å²) in [6, 6.07) is 10.7. The maximum Gasteiger partial charge on any atom is 0.459 e. The number of nitrogens with two attached hydrogens (primary N) is 2. The fourth-order valence-corrected chi connectivity index (χ4v) is 7.72. The summed E-state index contributed by atoms with van der Waals surface area (Å²) in [4.78, 5) is 42.7. The predicted molar refractivity (Wildman–Crippen MR) is 184 cm³/mol. The Kier molecular flexibility index (Phi) is 12.4. The zero-order valence-electron chi connectivity index (χ0n) is 29.3. The predicted octanol–water partition coefficient (Wildman–Crippen LogP) is 4.03. The van der Waals surface area contributed by atoms with Crippen molar-refractivity contribution < 1.29 is 46.9 Å². The largest absolute Gasteiger partial charge is 0.464 e. The molecule has 3 heterocycles. The van der Waals surface area contributed by atoms with Crippen molar-refractivity contribution in [1.29, 1.82) is 0 Å². The van der Waals surface area contributed by atoms with E-state index in [9.17, 15) is 18.9 Å². The van der Waals surface area contributed by atoms with Gasteiger partial charge in [-0.25, -0.2) is 14.1 Å². The number of hydrogen-bond donors (Lipinski definition) is 3. The molecular formula is C34H47N6O10P. The number of nitrogens with one attached hydrogen (secondary N) is 1. The summed E-state index contributed by atoms with van der Waals surface area (Å²) in [5, 5.41) is 7.00. The average Bonchev–Trinajstić information content (AvgIpc) is 3.67. The molecule has 1 unspecified atom stereocenters. The van der Waals surface area contributed by atoms with Gasteiger partial charge in [0.2, 0.25) is 0 Å². The van der Waals surface area contributed by atoms with Gasteiger partial charge >= 0.3 is 25.7 Å². The van der Waals surface area contributed by atoms with Crippen LogP contribution in [0.5, 0.6) is 5.75 Å². The second-order valence-electron chi connectivity index (χ2n) is 13.1. The Hall–Kier alpha value is -4.08. The van der Waals surface area contributed by atoms with E-state index in [1.807, 2.05) is 0 Å². The Bertz CT molecular complexity index is 1720. The first-order chi connectivity index (χ1) is 24.3. The molecule has 1 saturated carbocycles. The van der Waals surface area contributed by atoms with Gasteiger partial charge in [-0.1, -0.05) is 32.0 Å². The lowest BCUT2D eigenvalue weighted by molar-refractivity contribution is -0.171. The Labute approximate surface area is 296 Å². The van der Waals surface area contributed by atoms with Crippen LogP contribution in [0, 0.1) is 5.92 Å². The lowest BCUT2D eigenvalue weighted by Crippen LogP contribution is -2.48. The van der Waals surface area contributed by atoms with Crippen LogP contribution in [-0.2, 0) is 42.4 Å². The smallest absolute Gasteiger partial charge is 0.459 e. The number of fused-ring (bicyclic) bond motifs is 1. The van der Waals surface area contributed by atoms with Gasteiger partial charge in [-0.2, -0.15) is 10.2 Å². The van der Waals surface area contributed by atoms with Crippen molar-refractivity contribution in [3.63, 3.8) is 0 Å². The Morgan fingerprint density at radius 2 is 1.75 bits per heavy atom. The molecule has 0 amide bonds. The third-order valence-electron chi connectivity index (χ3n) is 9.05. The van der Waals surface area contributed by atoms with Crippen LogP contribution in [-0.4, -0.2) is 75.6 Å². The van der Waals surface area contributed by atoms with Gasteiger partial charge in [0, 0.05) is 18.9 Å². The molecule has 1 aromatic carbocycles. The molecule has 2 aliphatic rings. The second kappa shape index (κ2) is 16.5. The van der Waals surface area contributed by atoms with Gasteiger partial charge < -0.3 is 34.9 Å². The van der Waals surface area contributed by atoms with Crippen LogP contribution < -0.4 is 21.1 Å². The van der Waals surface area contributed by atoms with Crippen molar-refractivity contribution >= 4 is 37.0 Å². The lowest BCUT2D eigenvalue weighted by atomic mass is 9.87. The summed E-state index contributed by atoms with van der Waals surface area (Å²) in [7, 11) is -4.39. The number of ether oxygens (including phenoxy) is 4. The molecule has 6 atom stereocenters. The van der Waals surface area contributed by atoms with Crippen LogP contribution >= 0.6 is 7.75 Å². The zero-order valence-corrected chi connectivity index (χ0v) is 30.2. The molecule has 0 radical (unpaired) electrons. The van der Waals surface area contributed by atoms with Crippen molar-refractivity contribution in [3.8, 4) is 5.75 Å². The van der Waals surface area contributed by atoms with Gasteiger partial charge in [0.1, 0.15) is 35.3 Å². The topological polar surface area (TPSA) is 218 Å². The molecule has 17 heteroatoms. The van der Waals surface area contributed by atoms with Crippen molar-refractivity contribution in [2.24, 2.45) is 11.7 Å². The molecule has 1 aliphatic heterocycles. The van der Waals surface area contributed by atoms with E-state index in [0.717, 1.165) is 25.7 Å². The molecule has 2 aromatic heterocycles. The fraction of sp³-hybridized carbons (Fsp3) is 0.559. The molecule has 0 spiro atoms. The van der Waals surface area contributed by atoms with E-state index in [4.69, 9.17) is 39.5 Å². The minimum Gasteiger partial charge on any atom is -0.464 e. The van der Waals surface area contributed by atoms with E-state index in [0.29, 0.717) is 11.2 Å². The maximum atomic E-state index is 14.5. The molecular weight excluding hydrogens is 683 g/mol. The molecule has 2 fully saturated rings. The van der Waals surface area contributed by atoms with Crippen LogP contribution in [0.2, 0.25) is 0 Å². The number of rotatable bonds is 15. The van der Waals surface area contributed by atoms with Crippen molar-refractivity contribution in [2.45, 2.75) is 102 Å². The average molecular weight is 731 g/mol. The van der Waals surface area contributed by atoms with E-state index in [1.165, 1.54) is 17.8 Å². The minimum absolute atomic E-state index is 0.00875. The summed E-state index contributed by atoms with van der Waals surface area (Å²) in [5.74, 6) is -1.22. The van der Waals surface area contributed by atoms with Crippen molar-refractivity contribution in [1.82, 2.24) is 19.7 Å². The third-order valence-corrected chi connectivity index (χ3v) is 10.7. The van der Waals surface area contributed by atoms with Gasteiger partial charge in [-0.05, 0) is 69.7 Å². The highest BCUT2D eigenvalue weighted by Crippen LogP contribution is 2.50. The molecule has 5 rings (SSSR count). The monoisotopic (exact) mass is 730 g/mol. The summed E-state index contributed by atoms with van der Waals surface area (Å²) in [5.41, 5.74) is 11.4. The van der Waals surface area contributed by atoms with E-state index in [2.05, 4.69) is 15.2 Å². The lowest BCUT2D eigenvalue weighted by Gasteiger charge is -2.32. The molecule has 1 aliphatic carbocycles. The van der Waals surface area contributed by atoms with Gasteiger partial charge in [-0.15, -0.1) is 0 Å². The Balaban J connectivity index is 1.42. The number of carbonyl (C=O) groups excluding carboxylic acids is 3. The van der Waals surface area contributed by atoms with E-state index in [1.54, 1.807) is 63.2 Å². The summed E-state index contributed by atoms with van der Waals surface area (Å²) < 4.78 is 51.8. The normalized spacial score (nSPS) is 26.6. The third kappa shape index (κ3) is 9.24. The zero-order chi connectivity index (χ0) is 36.8. The van der Waals surface area contributed by atoms with Crippen molar-refractivity contribution in [2.75, 3.05) is 18.9 Å². The van der Waals surface area contributed by atoms with Crippen molar-refractivity contribution in [3.05, 3.63) is 54.5 Å². The second-order valence-corrected chi connectivity index (χ2v) is 14.8. The van der Waals surface area contributed by atoms with Gasteiger partial charge in [0.15, 0.2) is 18.0 Å². The summed E-state index contributed by atoms with van der Waals surface area (Å²) >= 11 is 0. The van der Waals surface area contributed by atoms with E-state index >= 15 is 0 Å². The van der Waals surface area contributed by atoms with Crippen LogP contribution in [0.25, 0.3) is 5.52 Å². The first-order valence-corrected chi connectivity index (χ1v) is 18.7. The SMILES string of the molecule is CCC(=O)O[C@H]1[C@H](c2ccc3c(N)ncnn23)O[C@](C)(COP(=O)(N[C@@H](C)C(=O)OCC2CCC(N)CC2)Oc2ccccc2)[C@H]1OC(=O)CC. The van der Waals surface area contributed by atoms with Crippen LogP contribution in [0.3, 0.4) is 0 Å². The Morgan fingerprint density at radius 1 is 1.06 bits per heavy atom. The summed E-state index contributed by atoms with van der Waals surface area (Å²) in [6.45, 7) is 6.02. The standard InChI is InChI=1S/C34H47N6O10P/c1-5-27(41)47-30-29(25-16-17-26-32(36)37-20-38-40(25)26)49-34(4,31(30)48-28(42)6-2)19-46-51(44,50-24-10-8-7-9-11-24)39-21(3)33(43)45-18-22-12-14-23(35)15-13-22/h7-11,16-17,20-23,29-31H,5-6,12-15,18-19,35H2,1-4H3,(H,39,44)(H2,36,37,38)/t21-,22?,23?,29-,30-,31-,34+,51?/m0/s1. The Morgan fingerprint density at radius 3 is 2.43 bits per heavy atom. The number of hydrogen-bond acceptors (Lipinski definition) is 14. The molecule has 1 saturated heterocycles. The first-order valence-electron chi connectivity index (χ1n) is 17.2. The molecule has 5 N–H and O–H groups in total. The number of para-hydroxylation sites is 1. The number of benzene rings is 1. The maximum absolute atomic E-state index is 14.5. The highest BCUT2D eigenvalue weighted by Gasteiger charge is 2.59. The van der Waals surface area contributed by atoms with E-state index in [-0.39, 0.29) is 43.0 Å². The number of carbonyl (C=O) groups is 3. The highest BCUT2D eigenvalue weighted by molar-refractivity contribution is 7.52. The van der Waals surface area contributed by atoms with Gasteiger partial charge in [0.05, 0.1) is 18.9 Å². The van der Waals surface area contributed by atoms with Gasteiger partial charge in [0.25, 0.3) is 0 Å². The number of nitrogens with zero attached hydrogens (tertiary/aromatic N) is 3. The van der Waals surface area contributed by atoms with Gasteiger partial charge in [-0.3, -0.25) is 18.9 Å². The number of anilines is 1. The molecule has 3 aromatic rings. The molecule has 51 heavy (non-hydrogen) atoms. The van der Waals surface area contributed by atoms with Crippen LogP contribution in [0.1, 0.15) is 78.0 Å². The van der Waals surface area contributed by atoms with Crippen LogP contribution in [0.4, 0.5) is 5.82 Å².